The third-order valence-electron chi connectivity index (χ3n) is 6.78. The lowest BCUT2D eigenvalue weighted by molar-refractivity contribution is -0.118. The minimum atomic E-state index is -0.547. The van der Waals surface area contributed by atoms with Gasteiger partial charge in [-0.05, 0) is 42.2 Å². The summed E-state index contributed by atoms with van der Waals surface area (Å²) in [5.74, 6) is 2.50. The van der Waals surface area contributed by atoms with Crippen molar-refractivity contribution in [2.24, 2.45) is 5.41 Å². The molecule has 1 aliphatic heterocycles. The lowest BCUT2D eigenvalue weighted by Gasteiger charge is -2.38. The number of methoxy groups -OCH3 is 3. The van der Waals surface area contributed by atoms with Crippen molar-refractivity contribution < 1.29 is 23.8 Å². The first-order valence-corrected chi connectivity index (χ1v) is 13.2. The summed E-state index contributed by atoms with van der Waals surface area (Å²) in [6, 6.07) is 12.1. The molecule has 5 rings (SSSR count). The summed E-state index contributed by atoms with van der Waals surface area (Å²) in [7, 11) is 4.75. The molecule has 1 aliphatic carbocycles. The maximum absolute atomic E-state index is 13.5. The van der Waals surface area contributed by atoms with Crippen LogP contribution in [-0.4, -0.2) is 53.4 Å². The molecule has 0 bridgehead atoms. The molecule has 9 nitrogen and oxygen atoms in total. The fraction of sp³-hybridized carbons (Fsp3) is 0.357. The molecule has 0 unspecified atom stereocenters. The van der Waals surface area contributed by atoms with E-state index in [-0.39, 0.29) is 22.7 Å². The minimum absolute atomic E-state index is 0.0428. The van der Waals surface area contributed by atoms with E-state index in [0.717, 1.165) is 11.3 Å². The van der Waals surface area contributed by atoms with Gasteiger partial charge in [0.2, 0.25) is 11.1 Å². The number of aromatic nitrogens is 3. The van der Waals surface area contributed by atoms with Gasteiger partial charge in [0.15, 0.2) is 23.1 Å². The number of thioether (sulfide) groups is 1. The number of para-hydroxylation sites is 1. The maximum atomic E-state index is 13.5. The van der Waals surface area contributed by atoms with Crippen LogP contribution in [0.15, 0.2) is 58.9 Å². The molecule has 2 aromatic carbocycles. The second-order valence-corrected chi connectivity index (χ2v) is 11.0. The van der Waals surface area contributed by atoms with Crippen LogP contribution < -0.4 is 19.5 Å². The quantitative estimate of drug-likeness (QED) is 0.318. The summed E-state index contributed by atoms with van der Waals surface area (Å²) in [5, 5.41) is 8.55. The molecule has 0 saturated carbocycles. The van der Waals surface area contributed by atoms with Gasteiger partial charge in [0, 0.05) is 28.8 Å². The van der Waals surface area contributed by atoms with Crippen molar-refractivity contribution in [3.05, 3.63) is 64.9 Å². The SMILES string of the molecule is COc1ccc(C(=O)CSc2nc3n(n2)[C@H](c2cccc(OC)c2OC)C2=C(CC(C)(C)CC2=O)N3)cc1. The average molecular weight is 535 g/mol. The Morgan fingerprint density at radius 2 is 1.84 bits per heavy atom. The van der Waals surface area contributed by atoms with Gasteiger partial charge < -0.3 is 19.5 Å². The number of carbonyl (C=O) groups is 2. The number of carbonyl (C=O) groups excluding carboxylic acids is 2. The zero-order chi connectivity index (χ0) is 27.0. The summed E-state index contributed by atoms with van der Waals surface area (Å²) >= 11 is 1.25. The first-order valence-electron chi connectivity index (χ1n) is 12.3. The molecule has 0 radical (unpaired) electrons. The molecule has 1 N–H and O–H groups in total. The van der Waals surface area contributed by atoms with Crippen LogP contribution in [0.2, 0.25) is 0 Å². The molecular formula is C28H30N4O5S. The number of nitrogens with one attached hydrogen (secondary N) is 1. The van der Waals surface area contributed by atoms with Crippen molar-refractivity contribution >= 4 is 29.3 Å². The Hall–Kier alpha value is -3.79. The highest BCUT2D eigenvalue weighted by Gasteiger charge is 2.43. The van der Waals surface area contributed by atoms with E-state index in [9.17, 15) is 9.59 Å². The van der Waals surface area contributed by atoms with Crippen LogP contribution in [0.1, 0.15) is 48.7 Å². The standard InChI is InChI=1S/C28H30N4O5S/c1-28(2)13-19-23(20(33)14-28)24(18-7-6-8-22(36-4)25(18)37-5)32-26(29-19)30-27(31-32)38-15-21(34)16-9-11-17(35-3)12-10-16/h6-12,24H,13-15H2,1-5H3,(H,29,30,31)/t24-/m1/s1. The third kappa shape index (κ3) is 4.76. The summed E-state index contributed by atoms with van der Waals surface area (Å²) in [6.45, 7) is 4.17. The van der Waals surface area contributed by atoms with Gasteiger partial charge in [0.25, 0.3) is 0 Å². The van der Waals surface area contributed by atoms with Crippen LogP contribution in [-0.2, 0) is 4.79 Å². The summed E-state index contributed by atoms with van der Waals surface area (Å²) in [4.78, 5) is 31.0. The Bertz CT molecular complexity index is 1430. The summed E-state index contributed by atoms with van der Waals surface area (Å²) in [6.07, 6.45) is 1.13. The smallest absolute Gasteiger partial charge is 0.227 e. The van der Waals surface area contributed by atoms with Crippen LogP contribution in [0, 0.1) is 5.41 Å². The summed E-state index contributed by atoms with van der Waals surface area (Å²) in [5.41, 5.74) is 2.65. The highest BCUT2D eigenvalue weighted by molar-refractivity contribution is 7.99. The Balaban J connectivity index is 1.51. The van der Waals surface area contributed by atoms with Gasteiger partial charge in [-0.1, -0.05) is 37.7 Å². The van der Waals surface area contributed by atoms with E-state index in [1.54, 1.807) is 50.3 Å². The van der Waals surface area contributed by atoms with Gasteiger partial charge in [-0.2, -0.15) is 4.98 Å². The lowest BCUT2D eigenvalue weighted by atomic mass is 9.73. The van der Waals surface area contributed by atoms with Crippen LogP contribution in [0.3, 0.4) is 0 Å². The number of ketones is 2. The molecule has 1 aromatic heterocycles. The minimum Gasteiger partial charge on any atom is -0.497 e. The molecule has 3 aromatic rings. The molecule has 38 heavy (non-hydrogen) atoms. The first-order chi connectivity index (χ1) is 18.2. The zero-order valence-electron chi connectivity index (χ0n) is 22.0. The van der Waals surface area contributed by atoms with Crippen molar-refractivity contribution in [2.45, 2.75) is 37.9 Å². The Morgan fingerprint density at radius 3 is 2.53 bits per heavy atom. The van der Waals surface area contributed by atoms with Crippen molar-refractivity contribution in [2.75, 3.05) is 32.4 Å². The van der Waals surface area contributed by atoms with E-state index < -0.39 is 6.04 Å². The molecule has 198 valence electrons. The summed E-state index contributed by atoms with van der Waals surface area (Å²) < 4.78 is 18.2. The van der Waals surface area contributed by atoms with Crippen LogP contribution in [0.5, 0.6) is 17.2 Å². The van der Waals surface area contributed by atoms with Gasteiger partial charge in [0.1, 0.15) is 11.8 Å². The number of fused-ring (bicyclic) bond motifs is 1. The van der Waals surface area contributed by atoms with E-state index in [2.05, 4.69) is 19.2 Å². The predicted molar refractivity (Wildman–Crippen MR) is 144 cm³/mol. The van der Waals surface area contributed by atoms with Crippen LogP contribution in [0.4, 0.5) is 5.95 Å². The van der Waals surface area contributed by atoms with E-state index in [0.29, 0.717) is 52.3 Å². The molecule has 0 amide bonds. The average Bonchev–Trinajstić information content (AvgIpc) is 3.31. The molecule has 10 heteroatoms. The number of hydrogen-bond donors (Lipinski definition) is 1. The van der Waals surface area contributed by atoms with Crippen molar-refractivity contribution in [3.63, 3.8) is 0 Å². The topological polar surface area (TPSA) is 105 Å². The fourth-order valence-corrected chi connectivity index (χ4v) is 5.78. The van der Waals surface area contributed by atoms with Gasteiger partial charge in [-0.25, -0.2) is 4.68 Å². The predicted octanol–water partition coefficient (Wildman–Crippen LogP) is 4.94. The number of nitrogens with zero attached hydrogens (tertiary/aromatic N) is 3. The van der Waals surface area contributed by atoms with Gasteiger partial charge in [-0.15, -0.1) is 5.10 Å². The van der Waals surface area contributed by atoms with Crippen LogP contribution in [0.25, 0.3) is 0 Å². The van der Waals surface area contributed by atoms with E-state index in [1.165, 1.54) is 11.8 Å². The first kappa shape index (κ1) is 25.8. The third-order valence-corrected chi connectivity index (χ3v) is 7.62. The van der Waals surface area contributed by atoms with Gasteiger partial charge in [-0.3, -0.25) is 9.59 Å². The van der Waals surface area contributed by atoms with Gasteiger partial charge >= 0.3 is 0 Å². The Morgan fingerprint density at radius 1 is 1.08 bits per heavy atom. The Kier molecular flexibility index (Phi) is 6.92. The highest BCUT2D eigenvalue weighted by Crippen LogP contribution is 2.48. The monoisotopic (exact) mass is 534 g/mol. The number of benzene rings is 2. The van der Waals surface area contributed by atoms with E-state index in [4.69, 9.17) is 24.3 Å². The normalized spacial score (nSPS) is 17.8. The Labute approximate surface area is 225 Å². The largest absolute Gasteiger partial charge is 0.497 e. The molecular weight excluding hydrogens is 504 g/mol. The van der Waals surface area contributed by atoms with Crippen LogP contribution >= 0.6 is 11.8 Å². The second-order valence-electron chi connectivity index (χ2n) is 10.0. The van der Waals surface area contributed by atoms with Crippen molar-refractivity contribution in [1.82, 2.24) is 14.8 Å². The van der Waals surface area contributed by atoms with Crippen molar-refractivity contribution in [3.8, 4) is 17.2 Å². The number of anilines is 1. The number of rotatable bonds is 8. The van der Waals surface area contributed by atoms with E-state index >= 15 is 0 Å². The second kappa shape index (κ2) is 10.2. The maximum Gasteiger partial charge on any atom is 0.227 e. The number of Topliss-reactive ketones (excluding diaryl/α,β-unsaturated/α-hetero) is 2. The number of ether oxygens (including phenoxy) is 3. The molecule has 0 spiro atoms. The number of hydrogen-bond acceptors (Lipinski definition) is 9. The highest BCUT2D eigenvalue weighted by atomic mass is 32.2. The lowest BCUT2D eigenvalue weighted by Crippen LogP contribution is -2.36. The molecule has 0 fully saturated rings. The van der Waals surface area contributed by atoms with E-state index in [1.807, 2.05) is 18.2 Å². The zero-order valence-corrected chi connectivity index (χ0v) is 22.8. The molecule has 2 heterocycles. The fourth-order valence-electron chi connectivity index (χ4n) is 5.06. The van der Waals surface area contributed by atoms with Crippen molar-refractivity contribution in [1.29, 1.82) is 0 Å². The molecule has 0 saturated heterocycles. The molecule has 1 atom stereocenters. The number of allylic oxidation sites excluding steroid dienone is 2. The molecule has 2 aliphatic rings. The van der Waals surface area contributed by atoms with Gasteiger partial charge in [0.05, 0.1) is 27.1 Å².